The molecule has 2 heterocycles. The lowest BCUT2D eigenvalue weighted by atomic mass is 10.3. The Balaban J connectivity index is 1.91. The van der Waals surface area contributed by atoms with Crippen molar-refractivity contribution in [3.05, 3.63) is 18.4 Å². The molecule has 0 radical (unpaired) electrons. The minimum atomic E-state index is -4.23. The van der Waals surface area contributed by atoms with Gasteiger partial charge in [-0.1, -0.05) is 0 Å². The fraction of sp³-hybridized carbons (Fsp3) is 0.500. The van der Waals surface area contributed by atoms with Crippen molar-refractivity contribution < 1.29 is 17.6 Å². The molecule has 0 saturated carbocycles. The Hall–Kier alpha value is -1.90. The zero-order valence-electron chi connectivity index (χ0n) is 10.1. The molecule has 0 aromatic carbocycles. The second-order valence-corrected chi connectivity index (χ2v) is 4.01. The molecule has 1 atom stereocenters. The monoisotopic (exact) mass is 275 g/mol. The van der Waals surface area contributed by atoms with Crippen LogP contribution in [0.3, 0.4) is 0 Å². The van der Waals surface area contributed by atoms with E-state index in [4.69, 9.17) is 4.42 Å². The molecule has 0 amide bonds. The van der Waals surface area contributed by atoms with Crippen LogP contribution in [0.4, 0.5) is 13.2 Å². The summed E-state index contributed by atoms with van der Waals surface area (Å²) in [6, 6.07) is 3.01. The van der Waals surface area contributed by atoms with Gasteiger partial charge >= 0.3 is 6.18 Å². The first kappa shape index (κ1) is 13.5. The number of tetrazole rings is 1. The molecule has 0 spiro atoms. The summed E-state index contributed by atoms with van der Waals surface area (Å²) in [7, 11) is 0. The second-order valence-electron chi connectivity index (χ2n) is 4.01. The van der Waals surface area contributed by atoms with Gasteiger partial charge in [0.2, 0.25) is 5.82 Å². The third-order valence-corrected chi connectivity index (χ3v) is 2.33. The van der Waals surface area contributed by atoms with Gasteiger partial charge in [-0.3, -0.25) is 0 Å². The normalized spacial score (nSPS) is 13.7. The molecule has 2 aromatic rings. The first-order valence-corrected chi connectivity index (χ1v) is 5.56. The van der Waals surface area contributed by atoms with Crippen molar-refractivity contribution in [2.24, 2.45) is 0 Å². The quantitative estimate of drug-likeness (QED) is 0.898. The first-order chi connectivity index (χ1) is 8.96. The topological polar surface area (TPSA) is 68.8 Å². The minimum absolute atomic E-state index is 0.0907. The lowest BCUT2D eigenvalue weighted by Gasteiger charge is -2.12. The van der Waals surface area contributed by atoms with E-state index in [1.807, 2.05) is 0 Å². The summed E-state index contributed by atoms with van der Waals surface area (Å²) in [6.07, 6.45) is -2.75. The Bertz CT molecular complexity index is 507. The van der Waals surface area contributed by atoms with E-state index in [1.165, 1.54) is 11.1 Å². The average molecular weight is 275 g/mol. The van der Waals surface area contributed by atoms with Crippen molar-refractivity contribution in [3.8, 4) is 11.6 Å². The Labute approximate surface area is 106 Å². The molecule has 0 bridgehead atoms. The number of aromatic nitrogens is 4. The summed E-state index contributed by atoms with van der Waals surface area (Å²) in [4.78, 5) is 1.25. The van der Waals surface area contributed by atoms with Crippen molar-refractivity contribution in [1.29, 1.82) is 0 Å². The number of nitrogens with one attached hydrogen (secondary N) is 1. The number of rotatable bonds is 5. The highest BCUT2D eigenvalue weighted by Gasteiger charge is 2.26. The molecule has 9 heteroatoms. The Morgan fingerprint density at radius 2 is 2.26 bits per heavy atom. The van der Waals surface area contributed by atoms with Crippen LogP contribution in [-0.4, -0.2) is 39.5 Å². The van der Waals surface area contributed by atoms with Crippen LogP contribution in [0.25, 0.3) is 11.6 Å². The van der Waals surface area contributed by atoms with Crippen molar-refractivity contribution in [3.63, 3.8) is 0 Å². The maximum atomic E-state index is 12.0. The van der Waals surface area contributed by atoms with Crippen molar-refractivity contribution in [2.75, 3.05) is 13.1 Å². The maximum absolute atomic E-state index is 12.0. The third kappa shape index (κ3) is 3.78. The minimum Gasteiger partial charge on any atom is -0.461 e. The molecule has 6 nitrogen and oxygen atoms in total. The van der Waals surface area contributed by atoms with Gasteiger partial charge in [0.05, 0.1) is 18.8 Å². The number of furan rings is 1. The fourth-order valence-electron chi connectivity index (χ4n) is 1.42. The van der Waals surface area contributed by atoms with Crippen LogP contribution in [0.2, 0.25) is 0 Å². The van der Waals surface area contributed by atoms with Gasteiger partial charge in [0, 0.05) is 6.54 Å². The summed E-state index contributed by atoms with van der Waals surface area (Å²) < 4.78 is 41.0. The molecule has 1 N–H and O–H groups in total. The smallest absolute Gasteiger partial charge is 0.401 e. The molecule has 19 heavy (non-hydrogen) atoms. The predicted octanol–water partition coefficient (Wildman–Crippen LogP) is 1.65. The average Bonchev–Trinajstić information content (AvgIpc) is 2.98. The third-order valence-electron chi connectivity index (χ3n) is 2.33. The van der Waals surface area contributed by atoms with Crippen LogP contribution in [0.5, 0.6) is 0 Å². The Kier molecular flexibility index (Phi) is 3.84. The lowest BCUT2D eigenvalue weighted by Crippen LogP contribution is -2.33. The number of halogens is 3. The van der Waals surface area contributed by atoms with E-state index in [9.17, 15) is 13.2 Å². The molecular weight excluding hydrogens is 263 g/mol. The maximum Gasteiger partial charge on any atom is 0.401 e. The van der Waals surface area contributed by atoms with Gasteiger partial charge in [0.15, 0.2) is 5.76 Å². The van der Waals surface area contributed by atoms with Crippen LogP contribution in [0.15, 0.2) is 22.8 Å². The largest absolute Gasteiger partial charge is 0.461 e. The van der Waals surface area contributed by atoms with Crippen molar-refractivity contribution in [2.45, 2.75) is 19.1 Å². The summed E-state index contributed by atoms with van der Waals surface area (Å²) in [5.74, 6) is 0.759. The van der Waals surface area contributed by atoms with Gasteiger partial charge < -0.3 is 9.73 Å². The molecule has 2 aromatic heterocycles. The predicted molar refractivity (Wildman–Crippen MR) is 59.2 cm³/mol. The fourth-order valence-corrected chi connectivity index (χ4v) is 1.42. The summed E-state index contributed by atoms with van der Waals surface area (Å²) in [5.41, 5.74) is 0. The molecule has 0 aliphatic carbocycles. The number of nitrogens with zero attached hydrogens (tertiary/aromatic N) is 4. The molecule has 0 aliphatic rings. The standard InChI is InChI=1S/C10H12F3N5O/c1-7(5-14-6-10(11,12)13)18-16-9(15-17-18)8-3-2-4-19-8/h2-4,7,14H,5-6H2,1H3. The zero-order valence-corrected chi connectivity index (χ0v) is 10.1. The van der Waals surface area contributed by atoms with Crippen molar-refractivity contribution in [1.82, 2.24) is 25.5 Å². The van der Waals surface area contributed by atoms with Gasteiger partial charge in [-0.2, -0.15) is 18.0 Å². The van der Waals surface area contributed by atoms with Crippen LogP contribution >= 0.6 is 0 Å². The number of alkyl halides is 3. The van der Waals surface area contributed by atoms with E-state index in [0.717, 1.165) is 0 Å². The summed E-state index contributed by atoms with van der Waals surface area (Å²) in [5, 5.41) is 13.9. The van der Waals surface area contributed by atoms with Crippen molar-refractivity contribution >= 4 is 0 Å². The molecule has 0 fully saturated rings. The molecule has 1 unspecified atom stereocenters. The van der Waals surface area contributed by atoms with E-state index in [2.05, 4.69) is 20.7 Å². The van der Waals surface area contributed by atoms with Gasteiger partial charge in [0.1, 0.15) is 0 Å². The Morgan fingerprint density at radius 3 is 2.89 bits per heavy atom. The van der Waals surface area contributed by atoms with E-state index < -0.39 is 12.7 Å². The van der Waals surface area contributed by atoms with Crippen LogP contribution < -0.4 is 5.32 Å². The van der Waals surface area contributed by atoms with Crippen LogP contribution in [0, 0.1) is 0 Å². The van der Waals surface area contributed by atoms with E-state index >= 15 is 0 Å². The van der Waals surface area contributed by atoms with Gasteiger partial charge in [-0.05, 0) is 24.3 Å². The highest BCUT2D eigenvalue weighted by Crippen LogP contribution is 2.15. The summed E-state index contributed by atoms with van der Waals surface area (Å²) in [6.45, 7) is 0.738. The van der Waals surface area contributed by atoms with Crippen LogP contribution in [0.1, 0.15) is 13.0 Å². The van der Waals surface area contributed by atoms with E-state index in [0.29, 0.717) is 11.6 Å². The molecule has 0 saturated heterocycles. The second kappa shape index (κ2) is 5.39. The lowest BCUT2D eigenvalue weighted by molar-refractivity contribution is -0.125. The highest BCUT2D eigenvalue weighted by molar-refractivity contribution is 5.43. The van der Waals surface area contributed by atoms with Gasteiger partial charge in [-0.25, -0.2) is 0 Å². The van der Waals surface area contributed by atoms with E-state index in [1.54, 1.807) is 19.1 Å². The van der Waals surface area contributed by atoms with Gasteiger partial charge in [0.25, 0.3) is 0 Å². The first-order valence-electron chi connectivity index (χ1n) is 5.56. The number of hydrogen-bond donors (Lipinski definition) is 1. The summed E-state index contributed by atoms with van der Waals surface area (Å²) >= 11 is 0. The number of hydrogen-bond acceptors (Lipinski definition) is 5. The highest BCUT2D eigenvalue weighted by atomic mass is 19.4. The molecule has 2 rings (SSSR count). The molecule has 0 aliphatic heterocycles. The Morgan fingerprint density at radius 1 is 1.47 bits per heavy atom. The SMILES string of the molecule is CC(CNCC(F)(F)F)n1nnc(-c2ccco2)n1. The van der Waals surface area contributed by atoms with Gasteiger partial charge in [-0.15, -0.1) is 10.2 Å². The van der Waals surface area contributed by atoms with E-state index in [-0.39, 0.29) is 12.6 Å². The zero-order chi connectivity index (χ0) is 13.9. The molecule has 104 valence electrons. The molecular formula is C10H12F3N5O. The van der Waals surface area contributed by atoms with Crippen LogP contribution in [-0.2, 0) is 0 Å².